The molecule has 0 radical (unpaired) electrons. The van der Waals surface area contributed by atoms with Crippen molar-refractivity contribution in [2.24, 2.45) is 0 Å². The highest BCUT2D eigenvalue weighted by molar-refractivity contribution is 5.90. The molecule has 0 bridgehead atoms. The van der Waals surface area contributed by atoms with E-state index >= 15 is 0 Å². The van der Waals surface area contributed by atoms with Crippen molar-refractivity contribution < 1.29 is 0 Å². The molecule has 0 aliphatic carbocycles. The lowest BCUT2D eigenvalue weighted by molar-refractivity contribution is 1.11. The number of hydrogen-bond donors (Lipinski definition) is 2. The van der Waals surface area contributed by atoms with Crippen LogP contribution in [0.1, 0.15) is 5.69 Å². The van der Waals surface area contributed by atoms with Crippen molar-refractivity contribution in [1.82, 2.24) is 19.5 Å². The van der Waals surface area contributed by atoms with Gasteiger partial charge in [-0.05, 0) is 30.3 Å². The molecule has 0 saturated carbocycles. The zero-order valence-electron chi connectivity index (χ0n) is 11.2. The monoisotopic (exact) mass is 275 g/mol. The molecule has 3 heterocycles. The van der Waals surface area contributed by atoms with Crippen LogP contribution in [0.2, 0.25) is 0 Å². The van der Waals surface area contributed by atoms with Crippen LogP contribution in [-0.4, -0.2) is 19.5 Å². The lowest BCUT2D eigenvalue weighted by Gasteiger charge is -2.04. The van der Waals surface area contributed by atoms with Crippen LogP contribution in [0.25, 0.3) is 33.8 Å². The topological polar surface area (TPSA) is 72.5 Å². The zero-order chi connectivity index (χ0) is 14.4. The van der Waals surface area contributed by atoms with E-state index in [1.807, 2.05) is 47.2 Å². The molecule has 3 aromatic heterocycles. The smallest absolute Gasteiger partial charge is 0.206 e. The third-order valence-corrected chi connectivity index (χ3v) is 3.56. The van der Waals surface area contributed by atoms with Crippen LogP contribution >= 0.6 is 0 Å². The minimum absolute atomic E-state index is 0.447. The average Bonchev–Trinajstić information content (AvgIpc) is 3.06. The zero-order valence-corrected chi connectivity index (χ0v) is 11.2. The molecule has 0 spiro atoms. The molecule has 0 saturated heterocycles. The van der Waals surface area contributed by atoms with Gasteiger partial charge >= 0.3 is 0 Å². The van der Waals surface area contributed by atoms with E-state index < -0.39 is 0 Å². The Morgan fingerprint density at radius 2 is 2.00 bits per heavy atom. The van der Waals surface area contributed by atoms with Gasteiger partial charge in [-0.1, -0.05) is 18.7 Å². The van der Waals surface area contributed by atoms with Gasteiger partial charge in [-0.25, -0.2) is 9.97 Å². The summed E-state index contributed by atoms with van der Waals surface area (Å²) >= 11 is 0. The molecule has 0 aliphatic rings. The van der Waals surface area contributed by atoms with Crippen LogP contribution in [0.15, 0.2) is 49.2 Å². The average molecular weight is 275 g/mol. The van der Waals surface area contributed by atoms with E-state index in [9.17, 15) is 0 Å². The lowest BCUT2D eigenvalue weighted by atomic mass is 10.3. The Morgan fingerprint density at radius 1 is 1.14 bits per heavy atom. The molecule has 3 N–H and O–H groups in total. The molecule has 4 rings (SSSR count). The van der Waals surface area contributed by atoms with Gasteiger partial charge in [0.1, 0.15) is 5.52 Å². The molecule has 0 fully saturated rings. The maximum Gasteiger partial charge on any atom is 0.206 e. The number of imidazole rings is 1. The Labute approximate surface area is 120 Å². The number of nitrogens with one attached hydrogen (secondary N) is 1. The fourth-order valence-corrected chi connectivity index (χ4v) is 2.58. The summed E-state index contributed by atoms with van der Waals surface area (Å²) in [6.45, 7) is 3.77. The minimum Gasteiger partial charge on any atom is -0.369 e. The number of benzene rings is 1. The van der Waals surface area contributed by atoms with Crippen LogP contribution in [0.5, 0.6) is 0 Å². The number of hydrogen-bond acceptors (Lipinski definition) is 3. The summed E-state index contributed by atoms with van der Waals surface area (Å²) in [4.78, 5) is 12.2. The van der Waals surface area contributed by atoms with Gasteiger partial charge in [-0.15, -0.1) is 0 Å². The molecule has 21 heavy (non-hydrogen) atoms. The Morgan fingerprint density at radius 3 is 2.86 bits per heavy atom. The molecule has 5 heteroatoms. The number of fused-ring (bicyclic) bond motifs is 2. The van der Waals surface area contributed by atoms with Gasteiger partial charge in [0.05, 0.1) is 27.9 Å². The van der Waals surface area contributed by atoms with E-state index in [-0.39, 0.29) is 0 Å². The second-order valence-electron chi connectivity index (χ2n) is 4.80. The number of aromatic amines is 1. The SMILES string of the molecule is C=Cc1ccc2[nH]cc(-n3c(N)nc4ccccc43)c2n1. The van der Waals surface area contributed by atoms with Crippen LogP contribution in [0, 0.1) is 0 Å². The van der Waals surface area contributed by atoms with Crippen LogP contribution in [-0.2, 0) is 0 Å². The highest BCUT2D eigenvalue weighted by Gasteiger charge is 2.14. The van der Waals surface area contributed by atoms with Crippen molar-refractivity contribution in [3.05, 3.63) is 54.9 Å². The molecule has 5 nitrogen and oxygen atoms in total. The first-order chi connectivity index (χ1) is 10.3. The number of H-pyrrole nitrogens is 1. The van der Waals surface area contributed by atoms with Crippen molar-refractivity contribution in [2.45, 2.75) is 0 Å². The van der Waals surface area contributed by atoms with Crippen molar-refractivity contribution in [3.8, 4) is 5.69 Å². The van der Waals surface area contributed by atoms with Gasteiger partial charge in [-0.3, -0.25) is 4.57 Å². The molecular formula is C16H13N5. The first-order valence-electron chi connectivity index (χ1n) is 6.62. The van der Waals surface area contributed by atoms with E-state index in [1.54, 1.807) is 6.08 Å². The number of pyridine rings is 1. The lowest BCUT2D eigenvalue weighted by Crippen LogP contribution is -2.00. The Hall–Kier alpha value is -3.08. The number of para-hydroxylation sites is 2. The van der Waals surface area contributed by atoms with Gasteiger partial charge in [0.15, 0.2) is 0 Å². The maximum absolute atomic E-state index is 6.10. The number of aromatic nitrogens is 4. The molecule has 0 aliphatic heterocycles. The van der Waals surface area contributed by atoms with Gasteiger partial charge < -0.3 is 10.7 Å². The summed E-state index contributed by atoms with van der Waals surface area (Å²) in [5, 5.41) is 0. The first-order valence-corrected chi connectivity index (χ1v) is 6.62. The first kappa shape index (κ1) is 11.7. The molecule has 102 valence electrons. The van der Waals surface area contributed by atoms with Crippen LogP contribution < -0.4 is 5.73 Å². The number of nitrogen functional groups attached to an aromatic ring is 1. The summed E-state index contributed by atoms with van der Waals surface area (Å²) in [7, 11) is 0. The molecule has 0 unspecified atom stereocenters. The van der Waals surface area contributed by atoms with E-state index in [0.717, 1.165) is 33.4 Å². The third kappa shape index (κ3) is 1.64. The number of nitrogens with zero attached hydrogens (tertiary/aromatic N) is 3. The summed E-state index contributed by atoms with van der Waals surface area (Å²) in [6, 6.07) is 11.8. The summed E-state index contributed by atoms with van der Waals surface area (Å²) in [5.41, 5.74) is 11.4. The molecule has 0 atom stereocenters. The van der Waals surface area contributed by atoms with Crippen molar-refractivity contribution >= 4 is 34.1 Å². The summed E-state index contributed by atoms with van der Waals surface area (Å²) < 4.78 is 1.91. The van der Waals surface area contributed by atoms with E-state index in [0.29, 0.717) is 5.95 Å². The molecule has 1 aromatic carbocycles. The summed E-state index contributed by atoms with van der Waals surface area (Å²) in [6.07, 6.45) is 3.63. The van der Waals surface area contributed by atoms with E-state index in [1.165, 1.54) is 0 Å². The maximum atomic E-state index is 6.10. The van der Waals surface area contributed by atoms with Gasteiger partial charge in [0.2, 0.25) is 5.95 Å². The van der Waals surface area contributed by atoms with Crippen LogP contribution in [0.3, 0.4) is 0 Å². The molecular weight excluding hydrogens is 262 g/mol. The second-order valence-corrected chi connectivity index (χ2v) is 4.80. The van der Waals surface area contributed by atoms with Gasteiger partial charge in [-0.2, -0.15) is 0 Å². The van der Waals surface area contributed by atoms with E-state index in [2.05, 4.69) is 21.5 Å². The number of rotatable bonds is 2. The standard InChI is InChI=1S/C16H13N5/c1-2-10-7-8-12-15(19-10)14(9-18-12)21-13-6-4-3-5-11(13)20-16(21)17/h2-9,18H,1H2,(H2,17,20). The predicted molar refractivity (Wildman–Crippen MR) is 85.2 cm³/mol. The highest BCUT2D eigenvalue weighted by atomic mass is 15.2. The van der Waals surface area contributed by atoms with E-state index in [4.69, 9.17) is 5.73 Å². The fraction of sp³-hybridized carbons (Fsp3) is 0. The Balaban J connectivity index is 2.08. The minimum atomic E-state index is 0.447. The normalized spacial score (nSPS) is 11.2. The number of nitrogens with two attached hydrogens (primary N) is 1. The highest BCUT2D eigenvalue weighted by Crippen LogP contribution is 2.27. The largest absolute Gasteiger partial charge is 0.369 e. The fourth-order valence-electron chi connectivity index (χ4n) is 2.58. The predicted octanol–water partition coefficient (Wildman–Crippen LogP) is 3.13. The Bertz CT molecular complexity index is 977. The number of anilines is 1. The van der Waals surface area contributed by atoms with Crippen molar-refractivity contribution in [3.63, 3.8) is 0 Å². The van der Waals surface area contributed by atoms with Crippen molar-refractivity contribution in [1.29, 1.82) is 0 Å². The molecule has 0 amide bonds. The third-order valence-electron chi connectivity index (χ3n) is 3.56. The quantitative estimate of drug-likeness (QED) is 0.590. The second kappa shape index (κ2) is 4.21. The Kier molecular flexibility index (Phi) is 2.35. The van der Waals surface area contributed by atoms with Gasteiger partial charge in [0, 0.05) is 6.20 Å². The summed E-state index contributed by atoms with van der Waals surface area (Å²) in [5.74, 6) is 0.447. The molecule has 4 aromatic rings. The van der Waals surface area contributed by atoms with Crippen molar-refractivity contribution in [2.75, 3.05) is 5.73 Å². The van der Waals surface area contributed by atoms with Gasteiger partial charge in [0.25, 0.3) is 0 Å². The van der Waals surface area contributed by atoms with Crippen LogP contribution in [0.4, 0.5) is 5.95 Å².